The highest BCUT2D eigenvalue weighted by Crippen LogP contribution is 2.35. The lowest BCUT2D eigenvalue weighted by Gasteiger charge is -2.13. The van der Waals surface area contributed by atoms with Gasteiger partial charge in [-0.1, -0.05) is 74.0 Å². The number of aromatic nitrogens is 3. The standard InChI is InChI=1S/C21H26N6O3S2.C21H25N5O4S2.C14H19N3O2S.C7H8N2O3S.C6H15N.C2H7N.CH4/c1-13-10-14(30-9-8-26(2)3)6-7-16(13)23-20-24-18(28)17(32-20)11-15-12-22-19(31-15)25-21(29)27(4)5;1-5-29-21(28)25-19-22-12-15(31-19)11-17-18(27)24-20(32-17)23-16-7-6-14(10-13(16)2)30-9-8-26(3)4;1-10-8-11(19-7-6-17(2)3)4-5-12(10)15-14-16-13(18)9-20-14;1-2-12-7(11)9-6-8-3-5(4-10)13-6;1-4-7(5-2)6-3;1-3-2;/h6-7,10-12H,8-9H2,1-5H3,(H,22,25,29)(H,23,24,28);6-7,10-12H,5,8-9H2,1-4H3,(H,22,25,28)(H,23,24,27);4-5,8H,6-7,9H2,1-3H3,(H,15,16,18);3-4H,2H2,1H3,(H,8,9,11);4-6H2,1-3H3;3H,1-2H3;1H4/b2*17-11-;;;;;. The number of anilines is 3. The number of nitrogens with one attached hydrogen (secondary N) is 7. The van der Waals surface area contributed by atoms with Crippen LogP contribution in [0, 0.1) is 20.8 Å². The fourth-order valence-corrected chi connectivity index (χ4v) is 12.7. The maximum Gasteiger partial charge on any atom is 0.413 e. The monoisotopic (exact) mass is 1600 g/mol. The van der Waals surface area contributed by atoms with Gasteiger partial charge in [0, 0.05) is 46.1 Å². The van der Waals surface area contributed by atoms with Crippen molar-refractivity contribution in [3.05, 3.63) is 114 Å². The van der Waals surface area contributed by atoms with Crippen LogP contribution in [-0.2, 0) is 23.9 Å². The molecule has 108 heavy (non-hydrogen) atoms. The van der Waals surface area contributed by atoms with Gasteiger partial charge in [0.1, 0.15) is 37.1 Å². The largest absolute Gasteiger partial charge is 0.492 e. The Kier molecular flexibility index (Phi) is 43.9. The number of carbonyl (C=O) groups is 7. The Hall–Kier alpha value is -8.82. The first-order chi connectivity index (χ1) is 51.1. The van der Waals surface area contributed by atoms with Gasteiger partial charge in [-0.15, -0.1) is 0 Å². The second-order valence-electron chi connectivity index (χ2n) is 23.5. The highest BCUT2D eigenvalue weighted by atomic mass is 32.2. The summed E-state index contributed by atoms with van der Waals surface area (Å²) in [6, 6.07) is 16.9. The second kappa shape index (κ2) is 50.7. The van der Waals surface area contributed by atoms with E-state index in [1.807, 2.05) is 132 Å². The van der Waals surface area contributed by atoms with Crippen LogP contribution in [0.2, 0.25) is 0 Å². The van der Waals surface area contributed by atoms with Crippen molar-refractivity contribution in [1.82, 2.24) is 60.7 Å². The number of rotatable bonds is 26. The number of aldehydes is 1. The summed E-state index contributed by atoms with van der Waals surface area (Å²) in [5.41, 5.74) is 5.31. The third-order valence-electron chi connectivity index (χ3n) is 13.6. The Labute approximate surface area is 659 Å². The molecule has 30 nitrogen and oxygen atoms in total. The number of carbonyl (C=O) groups excluding carboxylic acids is 7. The molecule has 3 aromatic heterocycles. The van der Waals surface area contributed by atoms with E-state index in [-0.39, 0.29) is 37.8 Å². The maximum absolute atomic E-state index is 12.4. The molecule has 7 amide bonds. The van der Waals surface area contributed by atoms with Crippen LogP contribution in [0.3, 0.4) is 0 Å². The van der Waals surface area contributed by atoms with E-state index in [1.165, 1.54) is 88.7 Å². The molecular formula is C72H104N18O12S6. The first-order valence-corrected chi connectivity index (χ1v) is 38.9. The summed E-state index contributed by atoms with van der Waals surface area (Å²) in [4.78, 5) is 119. The lowest BCUT2D eigenvalue weighted by molar-refractivity contribution is -0.117. The molecule has 0 unspecified atom stereocenters. The van der Waals surface area contributed by atoms with Gasteiger partial charge in [0.25, 0.3) is 11.8 Å². The zero-order valence-corrected chi connectivity index (χ0v) is 68.8. The molecule has 0 radical (unpaired) electrons. The predicted octanol–water partition coefficient (Wildman–Crippen LogP) is 12.4. The third kappa shape index (κ3) is 35.9. The summed E-state index contributed by atoms with van der Waals surface area (Å²) >= 11 is 7.57. The Bertz CT molecular complexity index is 4010. The van der Waals surface area contributed by atoms with Crippen LogP contribution < -0.4 is 51.4 Å². The van der Waals surface area contributed by atoms with E-state index in [4.69, 9.17) is 18.9 Å². The summed E-state index contributed by atoms with van der Waals surface area (Å²) in [5.74, 6) is 2.43. The number of likely N-dealkylation sites (N-methyl/N-ethyl adjacent to an activating group) is 3. The summed E-state index contributed by atoms with van der Waals surface area (Å²) in [6.07, 6.45) is 7.59. The van der Waals surface area contributed by atoms with Crippen LogP contribution in [0.1, 0.15) is 78.2 Å². The number of aryl methyl sites for hydroxylation is 3. The van der Waals surface area contributed by atoms with Crippen LogP contribution in [0.15, 0.2) is 98.0 Å². The van der Waals surface area contributed by atoms with Gasteiger partial charge in [-0.2, -0.15) is 0 Å². The Morgan fingerprint density at radius 1 is 0.528 bits per heavy atom. The molecule has 0 spiro atoms. The normalized spacial score (nSPS) is 14.5. The van der Waals surface area contributed by atoms with E-state index in [2.05, 4.69) is 112 Å². The van der Waals surface area contributed by atoms with E-state index in [0.29, 0.717) is 84.1 Å². The molecule has 3 saturated heterocycles. The summed E-state index contributed by atoms with van der Waals surface area (Å²) in [7, 11) is 19.1. The Morgan fingerprint density at radius 2 is 0.880 bits per heavy atom. The molecule has 6 aromatic rings. The van der Waals surface area contributed by atoms with Crippen molar-refractivity contribution in [2.24, 2.45) is 15.0 Å². The fraction of sp³-hybridized carbons (Fsp3) is 0.431. The van der Waals surface area contributed by atoms with Crippen LogP contribution >= 0.6 is 69.3 Å². The van der Waals surface area contributed by atoms with E-state index >= 15 is 0 Å². The first-order valence-electron chi connectivity index (χ1n) is 33.9. The predicted molar refractivity (Wildman–Crippen MR) is 446 cm³/mol. The van der Waals surface area contributed by atoms with E-state index in [1.54, 1.807) is 52.5 Å². The number of ether oxygens (including phenoxy) is 5. The smallest absolute Gasteiger partial charge is 0.413 e. The number of thioether (sulfide) groups is 3. The minimum absolute atomic E-state index is 0. The van der Waals surface area contributed by atoms with E-state index in [0.717, 1.165) is 91.7 Å². The number of hydrogen-bond acceptors (Lipinski definition) is 29. The van der Waals surface area contributed by atoms with Gasteiger partial charge in [-0.25, -0.2) is 44.3 Å². The number of nitrogens with zero attached hydrogens (tertiary/aromatic N) is 11. The third-order valence-corrected chi connectivity index (χ3v) is 18.9. The van der Waals surface area contributed by atoms with Crippen molar-refractivity contribution in [2.75, 3.05) is 164 Å². The van der Waals surface area contributed by atoms with Crippen LogP contribution in [0.4, 0.5) is 46.8 Å². The maximum atomic E-state index is 12.4. The molecule has 9 rings (SSSR count). The van der Waals surface area contributed by atoms with Gasteiger partial charge in [-0.05, 0) is 218 Å². The van der Waals surface area contributed by atoms with Crippen molar-refractivity contribution in [3.8, 4) is 17.2 Å². The average Bonchev–Trinajstić information content (AvgIpc) is 1.68. The molecule has 36 heteroatoms. The Balaban J connectivity index is 0.000000371. The quantitative estimate of drug-likeness (QED) is 0.0196. The van der Waals surface area contributed by atoms with Crippen LogP contribution in [0.25, 0.3) is 12.2 Å². The molecule has 0 atom stereocenters. The molecule has 0 saturated carbocycles. The highest BCUT2D eigenvalue weighted by molar-refractivity contribution is 8.19. The zero-order chi connectivity index (χ0) is 79.0. The van der Waals surface area contributed by atoms with Crippen molar-refractivity contribution in [2.45, 2.75) is 62.8 Å². The summed E-state index contributed by atoms with van der Waals surface area (Å²) < 4.78 is 26.6. The molecule has 0 bridgehead atoms. The van der Waals surface area contributed by atoms with Gasteiger partial charge < -0.3 is 69.5 Å². The van der Waals surface area contributed by atoms with Gasteiger partial charge in [0.15, 0.2) is 37.2 Å². The number of urea groups is 1. The molecule has 3 aromatic carbocycles. The lowest BCUT2D eigenvalue weighted by Crippen LogP contribution is -2.27. The SMILES string of the molecule is C.CCN(CC)CC.CCOC(=O)Nc1ncc(/C=C2\SC(=Nc3ccc(OCCN(C)C)cc3C)NC2=O)s1.CCOC(=O)Nc1ncc(C=O)s1.CNC.Cc1cc(OCCN(C)C)ccc1N=C1NC(=O)/C(=C/c2cnc(NC(=O)N(C)C)s2)S1.Cc1cc(OCCN(C)C)ccc1N=C1NC(=O)CS1. The molecule has 6 heterocycles. The average molecular weight is 1610 g/mol. The minimum atomic E-state index is -0.562. The van der Waals surface area contributed by atoms with Crippen LogP contribution in [-0.4, -0.2) is 246 Å². The topological polar surface area (TPSA) is 342 Å². The second-order valence-corrected chi connectivity index (χ2v) is 29.7. The van der Waals surface area contributed by atoms with Gasteiger partial charge in [-0.3, -0.25) is 35.1 Å². The van der Waals surface area contributed by atoms with E-state index < -0.39 is 12.2 Å². The molecule has 7 N–H and O–H groups in total. The van der Waals surface area contributed by atoms with Crippen molar-refractivity contribution >= 4 is 172 Å². The number of benzene rings is 3. The molecular weight excluding hydrogens is 1500 g/mol. The summed E-state index contributed by atoms with van der Waals surface area (Å²) in [6.45, 7) is 24.5. The zero-order valence-electron chi connectivity index (χ0n) is 63.9. The molecule has 0 aliphatic carbocycles. The number of aliphatic imine (C=N–C) groups is 3. The van der Waals surface area contributed by atoms with Crippen molar-refractivity contribution < 1.29 is 57.2 Å². The number of amidine groups is 3. The van der Waals surface area contributed by atoms with Crippen LogP contribution in [0.5, 0.6) is 17.2 Å². The van der Waals surface area contributed by atoms with Crippen molar-refractivity contribution in [1.29, 1.82) is 0 Å². The Morgan fingerprint density at radius 3 is 1.18 bits per heavy atom. The lowest BCUT2D eigenvalue weighted by atomic mass is 10.2. The van der Waals surface area contributed by atoms with E-state index in [9.17, 15) is 33.6 Å². The molecule has 3 aliphatic rings. The summed E-state index contributed by atoms with van der Waals surface area (Å²) in [5, 5.41) is 21.6. The molecule has 3 fully saturated rings. The fourth-order valence-electron chi connectivity index (χ4n) is 8.11. The van der Waals surface area contributed by atoms with Gasteiger partial charge in [0.2, 0.25) is 5.91 Å². The number of amides is 7. The number of thiazole rings is 3. The molecule has 3 aliphatic heterocycles. The highest BCUT2D eigenvalue weighted by Gasteiger charge is 2.26. The first kappa shape index (κ1) is 93.4. The van der Waals surface area contributed by atoms with Gasteiger partial charge in [0.05, 0.1) is 66.7 Å². The minimum Gasteiger partial charge on any atom is -0.492 e. The molecule has 590 valence electrons. The van der Waals surface area contributed by atoms with Crippen molar-refractivity contribution in [3.63, 3.8) is 0 Å². The van der Waals surface area contributed by atoms with Gasteiger partial charge >= 0.3 is 18.2 Å². The number of hydrogen-bond donors (Lipinski definition) is 7.